The summed E-state index contributed by atoms with van der Waals surface area (Å²) in [4.78, 5) is 0. The molecule has 0 aliphatic carbocycles. The molecule has 1 aromatic carbocycles. The van der Waals surface area contributed by atoms with Crippen molar-refractivity contribution < 1.29 is 0 Å². The van der Waals surface area contributed by atoms with Gasteiger partial charge in [-0.3, -0.25) is 0 Å². The maximum atomic E-state index is 4.17. The van der Waals surface area contributed by atoms with Gasteiger partial charge in [-0.2, -0.15) is 0 Å². The molecular formula is C12H11N3. The molecule has 0 amide bonds. The summed E-state index contributed by atoms with van der Waals surface area (Å²) < 4.78 is 1.92. The molecular weight excluding hydrogens is 186 g/mol. The fourth-order valence-electron chi connectivity index (χ4n) is 2.03. The summed E-state index contributed by atoms with van der Waals surface area (Å²) >= 11 is 0. The van der Waals surface area contributed by atoms with E-state index >= 15 is 0 Å². The Balaban J connectivity index is 2.23. The highest BCUT2D eigenvalue weighted by molar-refractivity contribution is 5.63. The summed E-state index contributed by atoms with van der Waals surface area (Å²) in [5, 5.41) is 8.31. The molecule has 0 radical (unpaired) electrons. The quantitative estimate of drug-likeness (QED) is 0.598. The van der Waals surface area contributed by atoms with Crippen molar-refractivity contribution in [1.29, 1.82) is 0 Å². The van der Waals surface area contributed by atoms with Gasteiger partial charge >= 0.3 is 0 Å². The van der Waals surface area contributed by atoms with Gasteiger partial charge in [0.05, 0.1) is 11.4 Å². The molecule has 0 atom stereocenters. The number of allylic oxidation sites excluding steroid dienone is 1. The number of benzene rings is 1. The first-order valence-corrected chi connectivity index (χ1v) is 4.96. The molecule has 0 spiro atoms. The van der Waals surface area contributed by atoms with Crippen molar-refractivity contribution in [2.24, 2.45) is 0 Å². The van der Waals surface area contributed by atoms with Crippen LogP contribution >= 0.6 is 0 Å². The van der Waals surface area contributed by atoms with E-state index in [0.717, 1.165) is 29.1 Å². The Kier molecular flexibility index (Phi) is 1.57. The van der Waals surface area contributed by atoms with Crippen molar-refractivity contribution in [1.82, 2.24) is 15.0 Å². The minimum absolute atomic E-state index is 0.908. The third kappa shape index (κ3) is 1.06. The van der Waals surface area contributed by atoms with Crippen LogP contribution in [0.15, 0.2) is 30.8 Å². The summed E-state index contributed by atoms with van der Waals surface area (Å²) in [7, 11) is 0. The van der Waals surface area contributed by atoms with Crippen LogP contribution in [-0.4, -0.2) is 15.0 Å². The first-order chi connectivity index (χ1) is 7.27. The zero-order chi connectivity index (χ0) is 10.4. The maximum Gasteiger partial charge on any atom is 0.112 e. The van der Waals surface area contributed by atoms with E-state index in [4.69, 9.17) is 0 Å². The van der Waals surface area contributed by atoms with Crippen molar-refractivity contribution in [3.63, 3.8) is 0 Å². The second-order valence-electron chi connectivity index (χ2n) is 3.88. The van der Waals surface area contributed by atoms with Crippen molar-refractivity contribution in [2.45, 2.75) is 13.3 Å². The molecule has 3 rings (SSSR count). The van der Waals surface area contributed by atoms with Crippen LogP contribution in [0.3, 0.4) is 0 Å². The topological polar surface area (TPSA) is 30.7 Å². The van der Waals surface area contributed by atoms with E-state index in [1.807, 2.05) is 17.7 Å². The molecule has 0 N–H and O–H groups in total. The Labute approximate surface area is 88.0 Å². The number of rotatable bonds is 1. The Morgan fingerprint density at radius 3 is 3.00 bits per heavy atom. The van der Waals surface area contributed by atoms with Crippen LogP contribution in [0, 0.1) is 0 Å². The van der Waals surface area contributed by atoms with Crippen LogP contribution in [0.5, 0.6) is 0 Å². The molecule has 74 valence electrons. The van der Waals surface area contributed by atoms with Crippen LogP contribution in [0.2, 0.25) is 0 Å². The van der Waals surface area contributed by atoms with Crippen LogP contribution in [0.25, 0.3) is 11.3 Å². The molecule has 3 heteroatoms. The van der Waals surface area contributed by atoms with E-state index < -0.39 is 0 Å². The van der Waals surface area contributed by atoms with Crippen LogP contribution in [0.1, 0.15) is 23.9 Å². The Bertz CT molecular complexity index is 552. The number of para-hydroxylation sites is 1. The Hall–Kier alpha value is -1.90. The van der Waals surface area contributed by atoms with Crippen molar-refractivity contribution in [3.05, 3.63) is 47.8 Å². The van der Waals surface area contributed by atoms with E-state index in [9.17, 15) is 0 Å². The summed E-state index contributed by atoms with van der Waals surface area (Å²) in [6, 6.07) is 8.28. The average Bonchev–Trinajstić information content (AvgIpc) is 2.74. The van der Waals surface area contributed by atoms with Crippen molar-refractivity contribution in [3.8, 4) is 5.69 Å². The molecule has 0 unspecified atom stereocenters. The lowest BCUT2D eigenvalue weighted by atomic mass is 10.1. The van der Waals surface area contributed by atoms with Gasteiger partial charge in [-0.05, 0) is 24.1 Å². The smallest absolute Gasteiger partial charge is 0.112 e. The van der Waals surface area contributed by atoms with Crippen molar-refractivity contribution >= 4 is 5.57 Å². The normalized spacial score (nSPS) is 12.3. The standard InChI is InChI=1S/C12H11N3/c1-8(2)12-11-7-9-5-3-4-6-10(9)15(11)14-13-12/h3-6H,1,7H2,2H3. The fourth-order valence-corrected chi connectivity index (χ4v) is 2.03. The average molecular weight is 197 g/mol. The van der Waals surface area contributed by atoms with Crippen molar-refractivity contribution in [2.75, 3.05) is 0 Å². The van der Waals surface area contributed by atoms with Gasteiger partial charge in [-0.25, -0.2) is 4.68 Å². The number of aromatic nitrogens is 3. The van der Waals surface area contributed by atoms with Gasteiger partial charge < -0.3 is 0 Å². The van der Waals surface area contributed by atoms with E-state index in [2.05, 4.69) is 35.1 Å². The molecule has 1 aromatic heterocycles. The monoisotopic (exact) mass is 197 g/mol. The molecule has 0 fully saturated rings. The third-order valence-corrected chi connectivity index (χ3v) is 2.75. The van der Waals surface area contributed by atoms with E-state index in [1.165, 1.54) is 5.56 Å². The van der Waals surface area contributed by atoms with Crippen LogP contribution < -0.4 is 0 Å². The molecule has 1 aliphatic rings. The molecule has 1 aliphatic heterocycles. The van der Waals surface area contributed by atoms with E-state index in [1.54, 1.807) is 0 Å². The van der Waals surface area contributed by atoms with Gasteiger partial charge in [-0.15, -0.1) is 5.10 Å². The van der Waals surface area contributed by atoms with Gasteiger partial charge in [0, 0.05) is 6.42 Å². The zero-order valence-corrected chi connectivity index (χ0v) is 8.57. The minimum atomic E-state index is 0.908. The maximum absolute atomic E-state index is 4.17. The van der Waals surface area contributed by atoms with Crippen LogP contribution in [0.4, 0.5) is 0 Å². The van der Waals surface area contributed by atoms with Gasteiger partial charge in [0.1, 0.15) is 5.69 Å². The summed E-state index contributed by atoms with van der Waals surface area (Å²) in [5.74, 6) is 0. The van der Waals surface area contributed by atoms with Crippen LogP contribution in [-0.2, 0) is 6.42 Å². The lowest BCUT2D eigenvalue weighted by Gasteiger charge is -1.96. The minimum Gasteiger partial charge on any atom is -0.216 e. The summed E-state index contributed by atoms with van der Waals surface area (Å²) in [6.45, 7) is 5.89. The zero-order valence-electron chi connectivity index (χ0n) is 8.57. The van der Waals surface area contributed by atoms with Gasteiger partial charge in [0.15, 0.2) is 0 Å². The SMILES string of the molecule is C=C(C)c1nnn2c1Cc1ccccc1-2. The Morgan fingerprint density at radius 1 is 1.40 bits per heavy atom. The molecule has 15 heavy (non-hydrogen) atoms. The van der Waals surface area contributed by atoms with E-state index in [0.29, 0.717) is 0 Å². The third-order valence-electron chi connectivity index (χ3n) is 2.75. The highest BCUT2D eigenvalue weighted by atomic mass is 15.4. The lowest BCUT2D eigenvalue weighted by molar-refractivity contribution is 0.800. The van der Waals surface area contributed by atoms with E-state index in [-0.39, 0.29) is 0 Å². The predicted molar refractivity (Wildman–Crippen MR) is 58.9 cm³/mol. The van der Waals surface area contributed by atoms with Gasteiger partial charge in [-0.1, -0.05) is 30.0 Å². The summed E-state index contributed by atoms with van der Waals surface area (Å²) in [6.07, 6.45) is 0.908. The number of nitrogens with zero attached hydrogens (tertiary/aromatic N) is 3. The number of hydrogen-bond acceptors (Lipinski definition) is 2. The number of fused-ring (bicyclic) bond motifs is 3. The first-order valence-electron chi connectivity index (χ1n) is 4.96. The van der Waals surface area contributed by atoms with Gasteiger partial charge in [0.2, 0.25) is 0 Å². The molecule has 0 bridgehead atoms. The molecule has 3 nitrogen and oxygen atoms in total. The highest BCUT2D eigenvalue weighted by Crippen LogP contribution is 2.29. The molecule has 0 saturated heterocycles. The Morgan fingerprint density at radius 2 is 2.20 bits per heavy atom. The predicted octanol–water partition coefficient (Wildman–Crippen LogP) is 2.20. The number of hydrogen-bond donors (Lipinski definition) is 0. The fraction of sp³-hybridized carbons (Fsp3) is 0.167. The lowest BCUT2D eigenvalue weighted by Crippen LogP contribution is -1.94. The second-order valence-corrected chi connectivity index (χ2v) is 3.88. The molecule has 2 aromatic rings. The summed E-state index contributed by atoms with van der Waals surface area (Å²) in [5.41, 5.74) is 5.52. The highest BCUT2D eigenvalue weighted by Gasteiger charge is 2.23. The second kappa shape index (κ2) is 2.79. The first kappa shape index (κ1) is 8.41. The molecule has 2 heterocycles. The van der Waals surface area contributed by atoms with Gasteiger partial charge in [0.25, 0.3) is 0 Å². The molecule has 0 saturated carbocycles. The largest absolute Gasteiger partial charge is 0.216 e.